The Morgan fingerprint density at radius 1 is 1.17 bits per heavy atom. The number of nitro benzene ring substituents is 1. The van der Waals surface area contributed by atoms with Crippen LogP contribution in [-0.4, -0.2) is 30.5 Å². The number of rotatable bonds is 6. The lowest BCUT2D eigenvalue weighted by Crippen LogP contribution is -2.50. The number of anilines is 1. The summed E-state index contributed by atoms with van der Waals surface area (Å²) in [4.78, 5) is 35.7. The Hall–Kier alpha value is -2.64. The molecule has 156 valence electrons. The Labute approximate surface area is 169 Å². The quantitative estimate of drug-likeness (QED) is 0.442. The van der Waals surface area contributed by atoms with Crippen LogP contribution >= 0.6 is 0 Å². The topological polar surface area (TPSA) is 108 Å². The van der Waals surface area contributed by atoms with Crippen molar-refractivity contribution >= 4 is 23.3 Å². The fourth-order valence-electron chi connectivity index (χ4n) is 5.94. The highest BCUT2D eigenvalue weighted by atomic mass is 16.6. The van der Waals surface area contributed by atoms with Gasteiger partial charge in [0.1, 0.15) is 0 Å². The Morgan fingerprint density at radius 3 is 2.28 bits per heavy atom. The normalized spacial score (nSPS) is 29.4. The summed E-state index contributed by atoms with van der Waals surface area (Å²) in [6.45, 7) is 1.29. The van der Waals surface area contributed by atoms with E-state index in [2.05, 4.69) is 5.32 Å². The van der Waals surface area contributed by atoms with Crippen molar-refractivity contribution < 1.29 is 24.0 Å². The Kier molecular flexibility index (Phi) is 4.96. The van der Waals surface area contributed by atoms with Crippen molar-refractivity contribution in [3.63, 3.8) is 0 Å². The van der Waals surface area contributed by atoms with Gasteiger partial charge < -0.3 is 14.8 Å². The monoisotopic (exact) mass is 402 g/mol. The van der Waals surface area contributed by atoms with Gasteiger partial charge in [-0.25, -0.2) is 0 Å². The van der Waals surface area contributed by atoms with Gasteiger partial charge in [-0.1, -0.05) is 0 Å². The molecule has 0 aliphatic heterocycles. The van der Waals surface area contributed by atoms with Gasteiger partial charge in [0.25, 0.3) is 5.91 Å². The summed E-state index contributed by atoms with van der Waals surface area (Å²) in [5, 5.41) is 13.7. The van der Waals surface area contributed by atoms with Crippen LogP contribution in [0.2, 0.25) is 0 Å². The van der Waals surface area contributed by atoms with Crippen LogP contribution in [0.3, 0.4) is 0 Å². The molecule has 4 bridgehead atoms. The maximum Gasteiger partial charge on any atom is 0.312 e. The van der Waals surface area contributed by atoms with E-state index in [0.29, 0.717) is 29.0 Å². The molecule has 5 rings (SSSR count). The Morgan fingerprint density at radius 2 is 1.76 bits per heavy atom. The number of benzene rings is 1. The van der Waals surface area contributed by atoms with Gasteiger partial charge in [0, 0.05) is 17.8 Å². The largest absolute Gasteiger partial charge is 0.490 e. The minimum Gasteiger partial charge on any atom is -0.490 e. The van der Waals surface area contributed by atoms with E-state index in [1.165, 1.54) is 38.5 Å². The molecule has 1 aromatic rings. The molecule has 8 nitrogen and oxygen atoms in total. The van der Waals surface area contributed by atoms with Crippen LogP contribution in [0.4, 0.5) is 11.4 Å². The third-order valence-corrected chi connectivity index (χ3v) is 6.80. The van der Waals surface area contributed by atoms with E-state index >= 15 is 0 Å². The average Bonchev–Trinajstić information content (AvgIpc) is 2.66. The predicted octanol–water partition coefficient (Wildman–Crippen LogP) is 3.61. The van der Waals surface area contributed by atoms with E-state index in [1.54, 1.807) is 6.92 Å². The molecule has 0 unspecified atom stereocenters. The lowest BCUT2D eigenvalue weighted by molar-refractivity contribution is -0.385. The molecule has 4 fully saturated rings. The van der Waals surface area contributed by atoms with E-state index < -0.39 is 16.2 Å². The minimum absolute atomic E-state index is 0.0569. The van der Waals surface area contributed by atoms with E-state index in [-0.39, 0.29) is 24.0 Å². The number of hydrogen-bond acceptors (Lipinski definition) is 6. The van der Waals surface area contributed by atoms with Crippen molar-refractivity contribution in [1.29, 1.82) is 0 Å². The molecule has 0 aromatic heterocycles. The highest BCUT2D eigenvalue weighted by Crippen LogP contribution is 2.60. The number of carbonyl (C=O) groups excluding carboxylic acids is 2. The first-order valence-electron chi connectivity index (χ1n) is 10.1. The van der Waals surface area contributed by atoms with Gasteiger partial charge >= 0.3 is 11.7 Å². The van der Waals surface area contributed by atoms with Crippen molar-refractivity contribution in [3.8, 4) is 5.75 Å². The fraction of sp³-hybridized carbons (Fsp3) is 0.619. The van der Waals surface area contributed by atoms with Gasteiger partial charge in [0.15, 0.2) is 12.4 Å². The van der Waals surface area contributed by atoms with Gasteiger partial charge in [0.05, 0.1) is 17.4 Å². The predicted molar refractivity (Wildman–Crippen MR) is 105 cm³/mol. The van der Waals surface area contributed by atoms with Crippen molar-refractivity contribution in [3.05, 3.63) is 27.8 Å². The van der Waals surface area contributed by atoms with E-state index in [0.717, 1.165) is 19.3 Å². The molecule has 0 heterocycles. The first kappa shape index (κ1) is 19.7. The summed E-state index contributed by atoms with van der Waals surface area (Å²) in [6, 6.07) is 2.75. The molecular weight excluding hydrogens is 376 g/mol. The van der Waals surface area contributed by atoms with Gasteiger partial charge in [0.2, 0.25) is 0 Å². The molecule has 1 aromatic carbocycles. The van der Waals surface area contributed by atoms with Crippen LogP contribution in [-0.2, 0) is 14.3 Å². The van der Waals surface area contributed by atoms with Crippen molar-refractivity contribution in [2.24, 2.45) is 23.2 Å². The van der Waals surface area contributed by atoms with Crippen LogP contribution in [0.15, 0.2) is 12.1 Å². The Bertz CT molecular complexity index is 830. The molecule has 0 spiro atoms. The fourth-order valence-corrected chi connectivity index (χ4v) is 5.94. The highest BCUT2D eigenvalue weighted by molar-refractivity contribution is 5.94. The number of amides is 1. The molecule has 0 radical (unpaired) electrons. The van der Waals surface area contributed by atoms with E-state index in [4.69, 9.17) is 9.47 Å². The van der Waals surface area contributed by atoms with Crippen molar-refractivity contribution in [2.45, 2.75) is 45.4 Å². The SMILES string of the molecule is COc1cc(NC(=O)COC(=O)C23CC4CC(CC(C4)C2)C3)c(C)cc1[N+](=O)[O-]. The first-order valence-corrected chi connectivity index (χ1v) is 10.1. The summed E-state index contributed by atoms with van der Waals surface area (Å²) >= 11 is 0. The molecular formula is C21H26N2O6. The average molecular weight is 402 g/mol. The van der Waals surface area contributed by atoms with Crippen LogP contribution in [0, 0.1) is 40.2 Å². The summed E-state index contributed by atoms with van der Waals surface area (Å²) in [7, 11) is 1.33. The van der Waals surface area contributed by atoms with Crippen LogP contribution in [0.25, 0.3) is 0 Å². The van der Waals surface area contributed by atoms with Gasteiger partial charge in [-0.2, -0.15) is 0 Å². The maximum atomic E-state index is 12.8. The molecule has 1 N–H and O–H groups in total. The number of nitrogens with zero attached hydrogens (tertiary/aromatic N) is 1. The second-order valence-corrected chi connectivity index (χ2v) is 8.92. The first-order chi connectivity index (χ1) is 13.8. The number of nitro groups is 1. The zero-order chi connectivity index (χ0) is 20.8. The number of hydrogen-bond donors (Lipinski definition) is 1. The van der Waals surface area contributed by atoms with Gasteiger partial charge in [-0.3, -0.25) is 19.7 Å². The zero-order valence-electron chi connectivity index (χ0n) is 16.7. The maximum absolute atomic E-state index is 12.8. The van der Waals surface area contributed by atoms with Crippen LogP contribution in [0.5, 0.6) is 5.75 Å². The van der Waals surface area contributed by atoms with Crippen molar-refractivity contribution in [2.75, 3.05) is 19.0 Å². The summed E-state index contributed by atoms with van der Waals surface area (Å²) < 4.78 is 10.5. The number of nitrogens with one attached hydrogen (secondary N) is 1. The number of esters is 1. The van der Waals surface area contributed by atoms with Gasteiger partial charge in [-0.05, 0) is 68.8 Å². The molecule has 0 atom stereocenters. The summed E-state index contributed by atoms with van der Waals surface area (Å²) in [5.41, 5.74) is 0.347. The second kappa shape index (κ2) is 7.31. The molecule has 4 aliphatic carbocycles. The lowest BCUT2D eigenvalue weighted by Gasteiger charge is -2.55. The minimum atomic E-state index is -0.537. The molecule has 29 heavy (non-hydrogen) atoms. The van der Waals surface area contributed by atoms with E-state index in [1.807, 2.05) is 0 Å². The molecule has 8 heteroatoms. The molecule has 4 saturated carbocycles. The molecule has 0 saturated heterocycles. The summed E-state index contributed by atoms with van der Waals surface area (Å²) in [5.74, 6) is 1.21. The zero-order valence-corrected chi connectivity index (χ0v) is 16.7. The van der Waals surface area contributed by atoms with Crippen LogP contribution in [0.1, 0.15) is 44.1 Å². The lowest BCUT2D eigenvalue weighted by atomic mass is 9.49. The third kappa shape index (κ3) is 3.68. The second-order valence-electron chi connectivity index (χ2n) is 8.92. The number of carbonyl (C=O) groups is 2. The molecule has 1 amide bonds. The highest BCUT2D eigenvalue weighted by Gasteiger charge is 2.55. The number of aryl methyl sites for hydroxylation is 1. The van der Waals surface area contributed by atoms with E-state index in [9.17, 15) is 19.7 Å². The standard InChI is InChI=1S/C21H26N2O6/c1-12-3-17(23(26)27)18(28-2)7-16(12)22-19(24)11-29-20(25)21-8-13-4-14(9-21)6-15(5-13)10-21/h3,7,13-15H,4-6,8-11H2,1-2H3,(H,22,24). The molecule has 4 aliphatic rings. The van der Waals surface area contributed by atoms with Crippen molar-refractivity contribution in [1.82, 2.24) is 0 Å². The smallest absolute Gasteiger partial charge is 0.312 e. The van der Waals surface area contributed by atoms with Crippen LogP contribution < -0.4 is 10.1 Å². The third-order valence-electron chi connectivity index (χ3n) is 6.80. The Balaban J connectivity index is 1.38. The summed E-state index contributed by atoms with van der Waals surface area (Å²) in [6.07, 6.45) is 6.35. The number of methoxy groups -OCH3 is 1. The van der Waals surface area contributed by atoms with Gasteiger partial charge in [-0.15, -0.1) is 0 Å². The number of ether oxygens (including phenoxy) is 2.